The van der Waals surface area contributed by atoms with Crippen LogP contribution in [0.5, 0.6) is 0 Å². The van der Waals surface area contributed by atoms with Gasteiger partial charge in [-0.05, 0) is 55.2 Å². The largest absolute Gasteiger partial charge is 0.352 e. The standard InChI is InChI=1S/C18H25N5O3S2/c1-13-8-11-23(12-9-13)28(25,26)15-5-3-14(4-6-15)17(24)19-10-7-16-20-21-18(27)22(16)2/h3-6,13H,7-12H2,1-2H3,(H,19,24)(H,21,27). The molecule has 0 aliphatic carbocycles. The number of hydrogen-bond donors (Lipinski definition) is 2. The predicted molar refractivity (Wildman–Crippen MR) is 108 cm³/mol. The molecule has 2 N–H and O–H groups in total. The van der Waals surface area contributed by atoms with E-state index in [9.17, 15) is 13.2 Å². The van der Waals surface area contributed by atoms with Crippen LogP contribution in [0, 0.1) is 10.7 Å². The second kappa shape index (κ2) is 8.54. The first-order valence-corrected chi connectivity index (χ1v) is 11.1. The third-order valence-corrected chi connectivity index (χ3v) is 7.38. The first kappa shape index (κ1) is 20.7. The number of rotatable bonds is 6. The van der Waals surface area contributed by atoms with Crippen LogP contribution in [-0.2, 0) is 23.5 Å². The average molecular weight is 424 g/mol. The van der Waals surface area contributed by atoms with E-state index in [-0.39, 0.29) is 10.8 Å². The summed E-state index contributed by atoms with van der Waals surface area (Å²) in [4.78, 5) is 12.5. The molecular formula is C18H25N5O3S2. The molecule has 28 heavy (non-hydrogen) atoms. The summed E-state index contributed by atoms with van der Waals surface area (Å²) in [5, 5.41) is 9.60. The molecule has 1 saturated heterocycles. The fraction of sp³-hybridized carbons (Fsp3) is 0.500. The molecule has 0 unspecified atom stereocenters. The molecule has 2 aromatic rings. The Morgan fingerprint density at radius 1 is 1.29 bits per heavy atom. The van der Waals surface area contributed by atoms with Gasteiger partial charge in [0.2, 0.25) is 10.0 Å². The minimum atomic E-state index is -3.51. The Kier molecular flexibility index (Phi) is 6.31. The molecule has 0 bridgehead atoms. The van der Waals surface area contributed by atoms with Crippen molar-refractivity contribution in [2.75, 3.05) is 19.6 Å². The third-order valence-electron chi connectivity index (χ3n) is 5.10. The van der Waals surface area contributed by atoms with Crippen LogP contribution in [-0.4, -0.2) is 53.0 Å². The number of H-pyrrole nitrogens is 1. The molecule has 10 heteroatoms. The predicted octanol–water partition coefficient (Wildman–Crippen LogP) is 1.87. The van der Waals surface area contributed by atoms with Crippen molar-refractivity contribution in [2.24, 2.45) is 13.0 Å². The van der Waals surface area contributed by atoms with Crippen molar-refractivity contribution in [1.82, 2.24) is 24.4 Å². The number of aromatic amines is 1. The van der Waals surface area contributed by atoms with Crippen molar-refractivity contribution >= 4 is 28.1 Å². The van der Waals surface area contributed by atoms with E-state index in [4.69, 9.17) is 12.2 Å². The molecule has 0 saturated carbocycles. The third kappa shape index (κ3) is 4.50. The van der Waals surface area contributed by atoms with E-state index < -0.39 is 10.0 Å². The maximum Gasteiger partial charge on any atom is 0.251 e. The zero-order valence-corrected chi connectivity index (χ0v) is 17.6. The molecule has 0 atom stereocenters. The smallest absolute Gasteiger partial charge is 0.251 e. The van der Waals surface area contributed by atoms with Gasteiger partial charge in [0.25, 0.3) is 5.91 Å². The van der Waals surface area contributed by atoms with Crippen molar-refractivity contribution in [3.05, 3.63) is 40.4 Å². The molecular weight excluding hydrogens is 398 g/mol. The Balaban J connectivity index is 1.59. The molecule has 1 fully saturated rings. The first-order valence-electron chi connectivity index (χ1n) is 9.27. The van der Waals surface area contributed by atoms with Crippen LogP contribution < -0.4 is 5.32 Å². The lowest BCUT2D eigenvalue weighted by Gasteiger charge is -2.29. The SMILES string of the molecule is CC1CCN(S(=O)(=O)c2ccc(C(=O)NCCc3n[nH]c(=S)n3C)cc2)CC1. The Hall–Kier alpha value is -2.04. The van der Waals surface area contributed by atoms with Crippen LogP contribution in [0.2, 0.25) is 0 Å². The Bertz CT molecular complexity index is 987. The molecule has 2 heterocycles. The highest BCUT2D eigenvalue weighted by Gasteiger charge is 2.28. The van der Waals surface area contributed by atoms with Gasteiger partial charge < -0.3 is 9.88 Å². The van der Waals surface area contributed by atoms with Crippen molar-refractivity contribution in [3.63, 3.8) is 0 Å². The number of piperidine rings is 1. The zero-order valence-electron chi connectivity index (χ0n) is 16.0. The molecule has 3 rings (SSSR count). The number of carbonyl (C=O) groups excluding carboxylic acids is 1. The summed E-state index contributed by atoms with van der Waals surface area (Å²) in [5.41, 5.74) is 0.418. The summed E-state index contributed by atoms with van der Waals surface area (Å²) < 4.78 is 29.3. The minimum absolute atomic E-state index is 0.222. The molecule has 1 aromatic carbocycles. The molecule has 1 aromatic heterocycles. The lowest BCUT2D eigenvalue weighted by atomic mass is 10.0. The summed E-state index contributed by atoms with van der Waals surface area (Å²) in [7, 11) is -1.70. The van der Waals surface area contributed by atoms with Crippen LogP contribution in [0.4, 0.5) is 0 Å². The fourth-order valence-corrected chi connectivity index (χ4v) is 4.77. The quantitative estimate of drug-likeness (QED) is 0.691. The lowest BCUT2D eigenvalue weighted by molar-refractivity contribution is 0.0953. The van der Waals surface area contributed by atoms with Gasteiger partial charge in [0, 0.05) is 38.7 Å². The van der Waals surface area contributed by atoms with Gasteiger partial charge in [-0.2, -0.15) is 9.40 Å². The summed E-state index contributed by atoms with van der Waals surface area (Å²) >= 11 is 5.05. The maximum atomic E-state index is 12.7. The molecule has 0 radical (unpaired) electrons. The molecule has 1 aliphatic heterocycles. The number of aromatic nitrogens is 3. The zero-order chi connectivity index (χ0) is 20.3. The number of sulfonamides is 1. The molecule has 8 nitrogen and oxygen atoms in total. The first-order chi connectivity index (χ1) is 13.3. The van der Waals surface area contributed by atoms with Gasteiger partial charge in [0.05, 0.1) is 4.90 Å². The Morgan fingerprint density at radius 3 is 2.50 bits per heavy atom. The highest BCUT2D eigenvalue weighted by molar-refractivity contribution is 7.89. The number of nitrogens with zero attached hydrogens (tertiary/aromatic N) is 3. The van der Waals surface area contributed by atoms with Gasteiger partial charge in [-0.25, -0.2) is 8.42 Å². The maximum absolute atomic E-state index is 12.7. The topological polar surface area (TPSA) is 100 Å². The number of nitrogens with one attached hydrogen (secondary N) is 2. The van der Waals surface area contributed by atoms with E-state index in [1.54, 1.807) is 16.7 Å². The number of carbonyl (C=O) groups is 1. The fourth-order valence-electron chi connectivity index (χ4n) is 3.15. The Morgan fingerprint density at radius 2 is 1.93 bits per heavy atom. The van der Waals surface area contributed by atoms with Crippen LogP contribution >= 0.6 is 12.2 Å². The number of benzene rings is 1. The van der Waals surface area contributed by atoms with Crippen molar-refractivity contribution < 1.29 is 13.2 Å². The Labute approximate surface area is 170 Å². The van der Waals surface area contributed by atoms with E-state index >= 15 is 0 Å². The highest BCUT2D eigenvalue weighted by atomic mass is 32.2. The second-order valence-corrected chi connectivity index (χ2v) is 9.45. The van der Waals surface area contributed by atoms with Gasteiger partial charge in [0.1, 0.15) is 5.82 Å². The van der Waals surface area contributed by atoms with Crippen molar-refractivity contribution in [2.45, 2.75) is 31.1 Å². The normalized spacial score (nSPS) is 16.2. The highest BCUT2D eigenvalue weighted by Crippen LogP contribution is 2.23. The monoisotopic (exact) mass is 423 g/mol. The van der Waals surface area contributed by atoms with Gasteiger partial charge >= 0.3 is 0 Å². The van der Waals surface area contributed by atoms with E-state index in [0.717, 1.165) is 18.7 Å². The van der Waals surface area contributed by atoms with Gasteiger partial charge in [-0.1, -0.05) is 6.92 Å². The second-order valence-electron chi connectivity index (χ2n) is 7.12. The van der Waals surface area contributed by atoms with Crippen LogP contribution in [0.1, 0.15) is 35.9 Å². The van der Waals surface area contributed by atoms with E-state index in [0.29, 0.717) is 42.3 Å². The van der Waals surface area contributed by atoms with Crippen LogP contribution in [0.3, 0.4) is 0 Å². The van der Waals surface area contributed by atoms with E-state index in [1.165, 1.54) is 16.4 Å². The average Bonchev–Trinajstić information content (AvgIpc) is 3.00. The number of amides is 1. The van der Waals surface area contributed by atoms with Gasteiger partial charge in [-0.15, -0.1) is 0 Å². The van der Waals surface area contributed by atoms with Gasteiger partial charge in [0.15, 0.2) is 4.77 Å². The lowest BCUT2D eigenvalue weighted by Crippen LogP contribution is -2.37. The van der Waals surface area contributed by atoms with Crippen LogP contribution in [0.15, 0.2) is 29.2 Å². The van der Waals surface area contributed by atoms with Crippen LogP contribution in [0.25, 0.3) is 0 Å². The van der Waals surface area contributed by atoms with E-state index in [2.05, 4.69) is 22.4 Å². The summed E-state index contributed by atoms with van der Waals surface area (Å²) in [6.45, 7) is 3.63. The van der Waals surface area contributed by atoms with Gasteiger partial charge in [-0.3, -0.25) is 9.89 Å². The summed E-state index contributed by atoms with van der Waals surface area (Å²) in [6.07, 6.45) is 2.29. The minimum Gasteiger partial charge on any atom is -0.352 e. The summed E-state index contributed by atoms with van der Waals surface area (Å²) in [5.74, 6) is 1.05. The molecule has 0 spiro atoms. The summed E-state index contributed by atoms with van der Waals surface area (Å²) in [6, 6.07) is 6.09. The van der Waals surface area contributed by atoms with Crippen molar-refractivity contribution in [1.29, 1.82) is 0 Å². The van der Waals surface area contributed by atoms with Crippen molar-refractivity contribution in [3.8, 4) is 0 Å². The number of hydrogen-bond acceptors (Lipinski definition) is 5. The molecule has 152 valence electrons. The molecule has 1 aliphatic rings. The molecule has 1 amide bonds. The van der Waals surface area contributed by atoms with E-state index in [1.807, 2.05) is 7.05 Å².